The number of rotatable bonds is 5. The lowest BCUT2D eigenvalue weighted by molar-refractivity contribution is -0.384. The normalized spacial score (nSPS) is 20.5. The first kappa shape index (κ1) is 20.8. The van der Waals surface area contributed by atoms with E-state index in [1.165, 1.54) is 17.7 Å². The van der Waals surface area contributed by atoms with Crippen molar-refractivity contribution in [1.29, 1.82) is 0 Å². The van der Waals surface area contributed by atoms with E-state index in [4.69, 9.17) is 5.73 Å². The Bertz CT molecular complexity index is 803. The molecule has 1 aliphatic heterocycles. The summed E-state index contributed by atoms with van der Waals surface area (Å²) in [5.41, 5.74) is 7.83. The number of likely N-dealkylation sites (tertiary alicyclic amines) is 1. The number of amides is 1. The van der Waals surface area contributed by atoms with Crippen LogP contribution < -0.4 is 11.1 Å². The second kappa shape index (κ2) is 8.94. The summed E-state index contributed by atoms with van der Waals surface area (Å²) in [7, 11) is 0. The fraction of sp³-hybridized carbons (Fsp3) is 0.316. The third kappa shape index (κ3) is 4.82. The summed E-state index contributed by atoms with van der Waals surface area (Å²) in [4.78, 5) is 25.0. The van der Waals surface area contributed by atoms with Gasteiger partial charge < -0.3 is 11.1 Å². The van der Waals surface area contributed by atoms with Crippen molar-refractivity contribution in [3.63, 3.8) is 0 Å². The highest BCUT2D eigenvalue weighted by atomic mass is 35.5. The van der Waals surface area contributed by atoms with Crippen LogP contribution in [0.4, 0.5) is 11.4 Å². The molecule has 1 heterocycles. The van der Waals surface area contributed by atoms with Crippen molar-refractivity contribution in [1.82, 2.24) is 4.90 Å². The van der Waals surface area contributed by atoms with Gasteiger partial charge in [0, 0.05) is 42.9 Å². The van der Waals surface area contributed by atoms with Gasteiger partial charge in [-0.05, 0) is 18.6 Å². The van der Waals surface area contributed by atoms with Gasteiger partial charge in [0.05, 0.1) is 11.0 Å². The van der Waals surface area contributed by atoms with Crippen molar-refractivity contribution < 1.29 is 9.72 Å². The number of nitrogens with one attached hydrogen (secondary N) is 1. The van der Waals surface area contributed by atoms with Gasteiger partial charge in [-0.25, -0.2) is 0 Å². The summed E-state index contributed by atoms with van der Waals surface area (Å²) in [5, 5.41) is 13.6. The van der Waals surface area contributed by atoms with E-state index in [1.807, 2.05) is 25.1 Å². The zero-order valence-corrected chi connectivity index (χ0v) is 15.8. The van der Waals surface area contributed by atoms with Gasteiger partial charge in [-0.1, -0.05) is 36.4 Å². The van der Waals surface area contributed by atoms with Crippen molar-refractivity contribution in [2.24, 2.45) is 5.73 Å². The van der Waals surface area contributed by atoms with Gasteiger partial charge in [-0.3, -0.25) is 19.8 Å². The highest BCUT2D eigenvalue weighted by Crippen LogP contribution is 2.28. The number of halogens is 1. The number of hydrogen-bond acceptors (Lipinski definition) is 5. The Morgan fingerprint density at radius 1 is 1.22 bits per heavy atom. The molecule has 27 heavy (non-hydrogen) atoms. The van der Waals surface area contributed by atoms with Crippen LogP contribution in [0.2, 0.25) is 0 Å². The number of nitro groups is 1. The first-order chi connectivity index (χ1) is 12.5. The predicted octanol–water partition coefficient (Wildman–Crippen LogP) is 2.77. The summed E-state index contributed by atoms with van der Waals surface area (Å²) in [6.07, 6.45) is 0. The van der Waals surface area contributed by atoms with Crippen molar-refractivity contribution in [3.8, 4) is 0 Å². The molecule has 7 nitrogen and oxygen atoms in total. The average molecular weight is 391 g/mol. The summed E-state index contributed by atoms with van der Waals surface area (Å²) >= 11 is 0. The van der Waals surface area contributed by atoms with E-state index in [9.17, 15) is 14.9 Å². The fourth-order valence-electron chi connectivity index (χ4n) is 3.34. The molecule has 2 aromatic carbocycles. The number of nitrogens with two attached hydrogens (primary N) is 1. The van der Waals surface area contributed by atoms with Crippen LogP contribution in [0, 0.1) is 10.1 Å². The van der Waals surface area contributed by atoms with Gasteiger partial charge in [0.1, 0.15) is 0 Å². The molecule has 144 valence electrons. The van der Waals surface area contributed by atoms with Crippen LogP contribution in [-0.4, -0.2) is 40.9 Å². The minimum absolute atomic E-state index is 0. The zero-order valence-electron chi connectivity index (χ0n) is 14.9. The standard InChI is InChI=1S/C19H22N4O3.ClH/c1-13(19(24)21-15-8-5-9-16(10-15)23(25)26)22-11-17(18(20)12-22)14-6-3-2-4-7-14;/h2-10,13,17-18H,11-12,20H2,1H3,(H,21,24);1H/t13?,17-,18+;/m0./s1. The Kier molecular flexibility index (Phi) is 6.90. The Morgan fingerprint density at radius 2 is 1.93 bits per heavy atom. The fourth-order valence-corrected chi connectivity index (χ4v) is 3.34. The Labute approximate surface area is 164 Å². The smallest absolute Gasteiger partial charge is 0.271 e. The molecule has 0 spiro atoms. The van der Waals surface area contributed by atoms with Crippen LogP contribution in [0.15, 0.2) is 54.6 Å². The molecule has 3 N–H and O–H groups in total. The molecule has 1 unspecified atom stereocenters. The number of nitrogens with zero attached hydrogens (tertiary/aromatic N) is 2. The third-order valence-corrected chi connectivity index (χ3v) is 4.87. The number of carbonyl (C=O) groups is 1. The molecule has 1 aliphatic rings. The molecule has 2 aromatic rings. The van der Waals surface area contributed by atoms with Gasteiger partial charge in [-0.15, -0.1) is 12.4 Å². The summed E-state index contributed by atoms with van der Waals surface area (Å²) in [5.74, 6) is -0.0179. The maximum atomic E-state index is 12.6. The lowest BCUT2D eigenvalue weighted by Crippen LogP contribution is -2.41. The quantitative estimate of drug-likeness (QED) is 0.603. The molecule has 1 amide bonds. The summed E-state index contributed by atoms with van der Waals surface area (Å²) < 4.78 is 0. The van der Waals surface area contributed by atoms with E-state index in [-0.39, 0.29) is 42.0 Å². The van der Waals surface area contributed by atoms with Gasteiger partial charge in [0.25, 0.3) is 5.69 Å². The molecule has 0 saturated carbocycles. The Morgan fingerprint density at radius 3 is 2.59 bits per heavy atom. The van der Waals surface area contributed by atoms with Crippen LogP contribution in [-0.2, 0) is 4.79 Å². The van der Waals surface area contributed by atoms with Gasteiger partial charge in [0.2, 0.25) is 5.91 Å². The van der Waals surface area contributed by atoms with Gasteiger partial charge in [0.15, 0.2) is 0 Å². The molecule has 0 aromatic heterocycles. The first-order valence-corrected chi connectivity index (χ1v) is 8.55. The molecular weight excluding hydrogens is 368 g/mol. The van der Waals surface area contributed by atoms with Crippen molar-refractivity contribution in [2.45, 2.75) is 24.9 Å². The third-order valence-electron chi connectivity index (χ3n) is 4.87. The number of non-ortho nitro benzene ring substituents is 1. The monoisotopic (exact) mass is 390 g/mol. The molecule has 3 atom stereocenters. The minimum Gasteiger partial charge on any atom is -0.326 e. The molecule has 3 rings (SSSR count). The van der Waals surface area contributed by atoms with E-state index in [0.717, 1.165) is 0 Å². The lowest BCUT2D eigenvalue weighted by Gasteiger charge is -2.23. The Balaban J connectivity index is 0.00000261. The van der Waals surface area contributed by atoms with Gasteiger partial charge in [-0.2, -0.15) is 0 Å². The number of nitro benzene ring substituents is 1. The number of carbonyl (C=O) groups excluding carboxylic acids is 1. The molecule has 0 radical (unpaired) electrons. The molecule has 0 bridgehead atoms. The predicted molar refractivity (Wildman–Crippen MR) is 107 cm³/mol. The molecule has 8 heteroatoms. The second-order valence-corrected chi connectivity index (χ2v) is 6.61. The van der Waals surface area contributed by atoms with E-state index in [0.29, 0.717) is 18.8 Å². The molecule has 1 fully saturated rings. The average Bonchev–Trinajstić information content (AvgIpc) is 3.03. The SMILES string of the molecule is CC(C(=O)Nc1cccc([N+](=O)[O-])c1)N1C[C@@H](N)[C@H](c2ccccc2)C1.Cl. The van der Waals surface area contributed by atoms with E-state index in [2.05, 4.69) is 22.3 Å². The van der Waals surface area contributed by atoms with Crippen molar-refractivity contribution in [2.75, 3.05) is 18.4 Å². The van der Waals surface area contributed by atoms with E-state index in [1.54, 1.807) is 12.1 Å². The van der Waals surface area contributed by atoms with Crippen LogP contribution in [0.5, 0.6) is 0 Å². The first-order valence-electron chi connectivity index (χ1n) is 8.55. The lowest BCUT2D eigenvalue weighted by atomic mass is 9.95. The number of benzene rings is 2. The topological polar surface area (TPSA) is 101 Å². The molecular formula is C19H23ClN4O3. The highest BCUT2D eigenvalue weighted by Gasteiger charge is 2.35. The van der Waals surface area contributed by atoms with E-state index < -0.39 is 4.92 Å². The largest absolute Gasteiger partial charge is 0.326 e. The summed E-state index contributed by atoms with van der Waals surface area (Å²) in [6.45, 7) is 3.16. The number of anilines is 1. The minimum atomic E-state index is -0.483. The van der Waals surface area contributed by atoms with Crippen molar-refractivity contribution >= 4 is 29.7 Å². The highest BCUT2D eigenvalue weighted by molar-refractivity contribution is 5.94. The zero-order chi connectivity index (χ0) is 18.7. The Hall–Kier alpha value is -2.48. The van der Waals surface area contributed by atoms with Crippen LogP contribution in [0.1, 0.15) is 18.4 Å². The van der Waals surface area contributed by atoms with Crippen molar-refractivity contribution in [3.05, 3.63) is 70.3 Å². The molecule has 1 saturated heterocycles. The van der Waals surface area contributed by atoms with Gasteiger partial charge >= 0.3 is 0 Å². The van der Waals surface area contributed by atoms with Crippen LogP contribution in [0.25, 0.3) is 0 Å². The molecule has 0 aliphatic carbocycles. The second-order valence-electron chi connectivity index (χ2n) is 6.61. The maximum absolute atomic E-state index is 12.6. The van der Waals surface area contributed by atoms with E-state index >= 15 is 0 Å². The number of hydrogen-bond donors (Lipinski definition) is 2. The van der Waals surface area contributed by atoms with Crippen LogP contribution in [0.3, 0.4) is 0 Å². The maximum Gasteiger partial charge on any atom is 0.271 e. The van der Waals surface area contributed by atoms with Crippen LogP contribution >= 0.6 is 12.4 Å². The summed E-state index contributed by atoms with van der Waals surface area (Å²) in [6, 6.07) is 15.6.